The molecule has 1 amide bonds. The number of amides is 1. The first kappa shape index (κ1) is 18.0. The zero-order valence-corrected chi connectivity index (χ0v) is 14.7. The molecule has 0 fully saturated rings. The minimum absolute atomic E-state index is 0.222. The van der Waals surface area contributed by atoms with Crippen LogP contribution in [-0.2, 0) is 21.2 Å². The van der Waals surface area contributed by atoms with E-state index in [9.17, 15) is 17.6 Å². The number of nitrogens with zero attached hydrogens (tertiary/aromatic N) is 1. The number of rotatable bonds is 4. The van der Waals surface area contributed by atoms with E-state index < -0.39 is 26.8 Å². The Labute approximate surface area is 150 Å². The molecule has 0 aromatic heterocycles. The largest absolute Gasteiger partial charge is 0.326 e. The second-order valence-electron chi connectivity index (χ2n) is 6.06. The normalized spacial score (nSPS) is 14.9. The molecule has 26 heavy (non-hydrogen) atoms. The van der Waals surface area contributed by atoms with Crippen LogP contribution in [-0.4, -0.2) is 14.3 Å². The maximum absolute atomic E-state index is 14.3. The van der Waals surface area contributed by atoms with Crippen LogP contribution in [0.3, 0.4) is 0 Å². The number of benzene rings is 2. The molecule has 3 rings (SSSR count). The van der Waals surface area contributed by atoms with Crippen LogP contribution < -0.4 is 10.0 Å². The van der Waals surface area contributed by atoms with E-state index in [0.29, 0.717) is 28.8 Å². The summed E-state index contributed by atoms with van der Waals surface area (Å²) in [4.78, 5) is 10.9. The molecule has 0 saturated carbocycles. The van der Waals surface area contributed by atoms with Crippen molar-refractivity contribution < 1.29 is 17.6 Å². The number of fused-ring (bicyclic) bond motifs is 1. The lowest BCUT2D eigenvalue weighted by Gasteiger charge is -2.20. The quantitative estimate of drug-likeness (QED) is 0.860. The third kappa shape index (κ3) is 3.59. The van der Waals surface area contributed by atoms with Crippen LogP contribution in [0.4, 0.5) is 10.1 Å². The molecule has 0 radical (unpaired) electrons. The van der Waals surface area contributed by atoms with Crippen LogP contribution in [0.25, 0.3) is 0 Å². The van der Waals surface area contributed by atoms with Gasteiger partial charge in [-0.25, -0.2) is 17.5 Å². The molecule has 2 aromatic carbocycles. The van der Waals surface area contributed by atoms with Gasteiger partial charge in [-0.2, -0.15) is 5.26 Å². The highest BCUT2D eigenvalue weighted by Gasteiger charge is 2.26. The number of sulfonamides is 1. The predicted molar refractivity (Wildman–Crippen MR) is 93.2 cm³/mol. The highest BCUT2D eigenvalue weighted by atomic mass is 32.2. The molecule has 1 unspecified atom stereocenters. The zero-order valence-electron chi connectivity index (χ0n) is 13.9. The number of nitrogens with one attached hydrogen (secondary N) is 2. The van der Waals surface area contributed by atoms with Gasteiger partial charge in [-0.3, -0.25) is 4.79 Å². The second-order valence-corrected chi connectivity index (χ2v) is 7.75. The minimum atomic E-state index is -4.10. The standard InChI is InChI=1S/C18H16FN3O3S/c1-11(13-4-2-12(10-20)3-5-13)22-26(24,25)17-8-14-6-7-18(23)21-16(14)9-15(17)19/h2-5,8-9,11,22H,6-7H2,1H3,(H,21,23). The summed E-state index contributed by atoms with van der Waals surface area (Å²) in [7, 11) is -4.10. The molecular formula is C18H16FN3O3S. The average molecular weight is 373 g/mol. The summed E-state index contributed by atoms with van der Waals surface area (Å²) in [5.41, 5.74) is 2.00. The summed E-state index contributed by atoms with van der Waals surface area (Å²) in [5.74, 6) is -1.15. The van der Waals surface area contributed by atoms with Gasteiger partial charge in [-0.1, -0.05) is 12.1 Å². The molecule has 2 N–H and O–H groups in total. The Morgan fingerprint density at radius 1 is 1.23 bits per heavy atom. The highest BCUT2D eigenvalue weighted by molar-refractivity contribution is 7.89. The van der Waals surface area contributed by atoms with Crippen molar-refractivity contribution in [3.05, 3.63) is 58.9 Å². The summed E-state index contributed by atoms with van der Waals surface area (Å²) < 4.78 is 42.0. The molecule has 134 valence electrons. The van der Waals surface area contributed by atoms with Gasteiger partial charge in [0, 0.05) is 18.2 Å². The summed E-state index contributed by atoms with van der Waals surface area (Å²) in [6, 6.07) is 10.1. The monoisotopic (exact) mass is 373 g/mol. The van der Waals surface area contributed by atoms with E-state index in [1.807, 2.05) is 6.07 Å². The molecule has 1 aliphatic rings. The van der Waals surface area contributed by atoms with Gasteiger partial charge in [0.1, 0.15) is 10.7 Å². The Balaban J connectivity index is 1.88. The predicted octanol–water partition coefficient (Wildman–Crippen LogP) is 2.62. The zero-order chi connectivity index (χ0) is 18.9. The number of anilines is 1. The fraction of sp³-hybridized carbons (Fsp3) is 0.222. The minimum Gasteiger partial charge on any atom is -0.326 e. The Kier molecular flexibility index (Phi) is 4.76. The van der Waals surface area contributed by atoms with Crippen LogP contribution in [0, 0.1) is 17.1 Å². The summed E-state index contributed by atoms with van der Waals surface area (Å²) in [6.45, 7) is 1.63. The molecular weight excluding hydrogens is 357 g/mol. The van der Waals surface area contributed by atoms with Crippen molar-refractivity contribution in [3.63, 3.8) is 0 Å². The molecule has 8 heteroatoms. The summed E-state index contributed by atoms with van der Waals surface area (Å²) in [6.07, 6.45) is 0.586. The Morgan fingerprint density at radius 3 is 2.58 bits per heavy atom. The Morgan fingerprint density at radius 2 is 1.92 bits per heavy atom. The van der Waals surface area contributed by atoms with Gasteiger partial charge >= 0.3 is 0 Å². The summed E-state index contributed by atoms with van der Waals surface area (Å²) >= 11 is 0. The van der Waals surface area contributed by atoms with Crippen LogP contribution in [0.15, 0.2) is 41.3 Å². The third-order valence-electron chi connectivity index (χ3n) is 4.21. The Bertz CT molecular complexity index is 1010. The summed E-state index contributed by atoms with van der Waals surface area (Å²) in [5, 5.41) is 11.4. The molecule has 0 bridgehead atoms. The number of nitriles is 1. The molecule has 2 aromatic rings. The number of halogens is 1. The van der Waals surface area contributed by atoms with E-state index in [1.54, 1.807) is 31.2 Å². The van der Waals surface area contributed by atoms with Crippen LogP contribution in [0.5, 0.6) is 0 Å². The molecule has 1 heterocycles. The van der Waals surface area contributed by atoms with Crippen molar-refractivity contribution in [1.82, 2.24) is 4.72 Å². The van der Waals surface area contributed by atoms with Gasteiger partial charge < -0.3 is 5.32 Å². The van der Waals surface area contributed by atoms with E-state index in [-0.39, 0.29) is 12.3 Å². The lowest BCUT2D eigenvalue weighted by atomic mass is 10.0. The van der Waals surface area contributed by atoms with Gasteiger partial charge in [-0.05, 0) is 48.7 Å². The lowest BCUT2D eigenvalue weighted by molar-refractivity contribution is -0.116. The Hall–Kier alpha value is -2.76. The number of hydrogen-bond donors (Lipinski definition) is 2. The second kappa shape index (κ2) is 6.86. The molecule has 1 aliphatic heterocycles. The van der Waals surface area contributed by atoms with Crippen molar-refractivity contribution in [3.8, 4) is 6.07 Å². The van der Waals surface area contributed by atoms with E-state index in [4.69, 9.17) is 5.26 Å². The maximum Gasteiger partial charge on any atom is 0.244 e. The smallest absolute Gasteiger partial charge is 0.244 e. The maximum atomic E-state index is 14.3. The fourth-order valence-electron chi connectivity index (χ4n) is 2.80. The van der Waals surface area contributed by atoms with Gasteiger partial charge in [0.2, 0.25) is 15.9 Å². The van der Waals surface area contributed by atoms with Crippen molar-refractivity contribution in [2.24, 2.45) is 0 Å². The molecule has 0 spiro atoms. The van der Waals surface area contributed by atoms with E-state index >= 15 is 0 Å². The van der Waals surface area contributed by atoms with E-state index in [0.717, 1.165) is 6.07 Å². The van der Waals surface area contributed by atoms with Crippen LogP contribution in [0.2, 0.25) is 0 Å². The SMILES string of the molecule is CC(NS(=O)(=O)c1cc2c(cc1F)NC(=O)CC2)c1ccc(C#N)cc1. The first-order valence-corrected chi connectivity index (χ1v) is 9.43. The molecule has 0 aliphatic carbocycles. The fourth-order valence-corrected chi connectivity index (χ4v) is 4.14. The molecule has 1 atom stereocenters. The van der Waals surface area contributed by atoms with Crippen molar-refractivity contribution >= 4 is 21.6 Å². The number of hydrogen-bond acceptors (Lipinski definition) is 4. The van der Waals surface area contributed by atoms with Crippen LogP contribution in [0.1, 0.15) is 36.1 Å². The van der Waals surface area contributed by atoms with Crippen molar-refractivity contribution in [2.45, 2.75) is 30.7 Å². The van der Waals surface area contributed by atoms with E-state index in [1.165, 1.54) is 6.07 Å². The third-order valence-corrected chi connectivity index (χ3v) is 5.77. The van der Waals surface area contributed by atoms with Gasteiger partial charge in [0.05, 0.1) is 11.6 Å². The first-order valence-electron chi connectivity index (χ1n) is 7.95. The topological polar surface area (TPSA) is 99.1 Å². The van der Waals surface area contributed by atoms with Crippen molar-refractivity contribution in [1.29, 1.82) is 5.26 Å². The number of aryl methyl sites for hydroxylation is 1. The van der Waals surface area contributed by atoms with Crippen molar-refractivity contribution in [2.75, 3.05) is 5.32 Å². The van der Waals surface area contributed by atoms with Gasteiger partial charge in [0.15, 0.2) is 0 Å². The lowest BCUT2D eigenvalue weighted by Crippen LogP contribution is -2.28. The number of carbonyl (C=O) groups excluding carboxylic acids is 1. The molecule has 0 saturated heterocycles. The number of carbonyl (C=O) groups is 1. The van der Waals surface area contributed by atoms with Gasteiger partial charge in [-0.15, -0.1) is 0 Å². The average Bonchev–Trinajstić information content (AvgIpc) is 2.60. The first-order chi connectivity index (χ1) is 12.3. The molecule has 6 nitrogen and oxygen atoms in total. The van der Waals surface area contributed by atoms with Gasteiger partial charge in [0.25, 0.3) is 0 Å². The highest BCUT2D eigenvalue weighted by Crippen LogP contribution is 2.29. The van der Waals surface area contributed by atoms with Crippen LogP contribution >= 0.6 is 0 Å². The van der Waals surface area contributed by atoms with E-state index in [2.05, 4.69) is 10.0 Å².